The van der Waals surface area contributed by atoms with Gasteiger partial charge in [-0.3, -0.25) is 14.6 Å². The summed E-state index contributed by atoms with van der Waals surface area (Å²) in [6.45, 7) is 4.79. The van der Waals surface area contributed by atoms with Gasteiger partial charge in [-0.15, -0.1) is 0 Å². The molecule has 184 valence electrons. The van der Waals surface area contributed by atoms with E-state index < -0.39 is 35.6 Å². The average Bonchev–Trinajstić information content (AvgIpc) is 3.03. The van der Waals surface area contributed by atoms with Crippen molar-refractivity contribution in [3.8, 4) is 5.75 Å². The predicted molar refractivity (Wildman–Crippen MR) is 120 cm³/mol. The van der Waals surface area contributed by atoms with Gasteiger partial charge in [-0.2, -0.15) is 13.2 Å². The normalized spacial score (nSPS) is 18.9. The molecule has 2 aliphatic rings. The molecule has 3 rings (SSSR count). The fraction of sp³-hybridized carbons (Fsp3) is 0.435. The van der Waals surface area contributed by atoms with Crippen LogP contribution in [0, 0.1) is 5.92 Å². The van der Waals surface area contributed by atoms with Gasteiger partial charge in [0.25, 0.3) is 5.91 Å². The smallest absolute Gasteiger partial charge is 0.395 e. The van der Waals surface area contributed by atoms with E-state index in [0.29, 0.717) is 15.8 Å². The Hall–Kier alpha value is -2.82. The number of allylic oxidation sites excluding steroid dienone is 3. The largest absolute Gasteiger partial charge is 0.475 e. The van der Waals surface area contributed by atoms with Gasteiger partial charge in [-0.05, 0) is 66.9 Å². The van der Waals surface area contributed by atoms with Crippen LogP contribution >= 0.6 is 15.9 Å². The van der Waals surface area contributed by atoms with Crippen molar-refractivity contribution in [2.45, 2.75) is 45.5 Å². The second kappa shape index (κ2) is 9.81. The molecule has 0 N–H and O–H groups in total. The van der Waals surface area contributed by atoms with Crippen LogP contribution in [0.1, 0.15) is 32.8 Å². The molecule has 0 spiro atoms. The van der Waals surface area contributed by atoms with E-state index in [0.717, 1.165) is 11.0 Å². The molecule has 0 aromatic heterocycles. The Labute approximate surface area is 203 Å². The number of hydrogen-bond donors (Lipinski definition) is 0. The Morgan fingerprint density at radius 2 is 1.94 bits per heavy atom. The lowest BCUT2D eigenvalue weighted by molar-refractivity contribution is -0.160. The first kappa shape index (κ1) is 25.8. The monoisotopic (exact) mass is 544 g/mol. The highest BCUT2D eigenvalue weighted by atomic mass is 79.9. The number of rotatable bonds is 7. The number of imide groups is 1. The maximum absolute atomic E-state index is 12.9. The molecule has 1 aromatic rings. The molecule has 34 heavy (non-hydrogen) atoms. The van der Waals surface area contributed by atoms with Gasteiger partial charge >= 0.3 is 18.2 Å². The number of benzene rings is 1. The van der Waals surface area contributed by atoms with E-state index in [4.69, 9.17) is 9.47 Å². The molecule has 3 amide bonds. The first-order chi connectivity index (χ1) is 15.8. The van der Waals surface area contributed by atoms with Gasteiger partial charge in [0.05, 0.1) is 23.5 Å². The van der Waals surface area contributed by atoms with Gasteiger partial charge in [0.15, 0.2) is 5.60 Å². The van der Waals surface area contributed by atoms with Crippen molar-refractivity contribution < 1.29 is 37.0 Å². The zero-order valence-corrected chi connectivity index (χ0v) is 20.4. The molecule has 7 nitrogen and oxygen atoms in total. The van der Waals surface area contributed by atoms with Crippen LogP contribution in [0.3, 0.4) is 0 Å². The number of esters is 1. The molecule has 1 unspecified atom stereocenters. The third kappa shape index (κ3) is 5.63. The summed E-state index contributed by atoms with van der Waals surface area (Å²) in [5.74, 6) is -2.21. The van der Waals surface area contributed by atoms with Crippen LogP contribution in [0.25, 0.3) is 0 Å². The quantitative estimate of drug-likeness (QED) is 0.358. The number of carbonyl (C=O) groups excluding carboxylic acids is 3. The summed E-state index contributed by atoms with van der Waals surface area (Å²) in [5, 5.41) is 0. The maximum Gasteiger partial charge on any atom is 0.395 e. The number of alkyl halides is 3. The molecule has 0 radical (unpaired) electrons. The van der Waals surface area contributed by atoms with Crippen LogP contribution in [-0.4, -0.2) is 52.6 Å². The maximum atomic E-state index is 12.9. The summed E-state index contributed by atoms with van der Waals surface area (Å²) in [7, 11) is 0. The van der Waals surface area contributed by atoms with Gasteiger partial charge in [0.1, 0.15) is 12.3 Å². The average molecular weight is 545 g/mol. The van der Waals surface area contributed by atoms with E-state index in [1.54, 1.807) is 39.0 Å². The van der Waals surface area contributed by atoms with E-state index in [1.807, 2.05) is 0 Å². The molecule has 1 heterocycles. The summed E-state index contributed by atoms with van der Waals surface area (Å²) in [5.41, 5.74) is -0.345. The predicted octanol–water partition coefficient (Wildman–Crippen LogP) is 4.96. The molecule has 0 saturated carbocycles. The number of nitrogens with zero attached hydrogens (tertiary/aromatic N) is 2. The molecule has 1 aliphatic carbocycles. The minimum atomic E-state index is -4.36. The van der Waals surface area contributed by atoms with Crippen LogP contribution in [-0.2, 0) is 20.9 Å². The molecule has 1 aromatic carbocycles. The molecule has 1 aliphatic heterocycles. The first-order valence-corrected chi connectivity index (χ1v) is 11.3. The van der Waals surface area contributed by atoms with Crippen LogP contribution in [0.2, 0.25) is 0 Å². The number of ether oxygens (including phenoxy) is 2. The summed E-state index contributed by atoms with van der Waals surface area (Å²) in [6, 6.07) is 4.31. The van der Waals surface area contributed by atoms with Crippen molar-refractivity contribution in [2.75, 3.05) is 13.2 Å². The SMILES string of the molecule is CCOC(=O)C(C)(C)Oc1ccc(CN2C(=O)CN(C3=CCC(C(F)(F)F)C=C3)C2=O)cc1Br. The zero-order valence-electron chi connectivity index (χ0n) is 18.8. The molecule has 1 saturated heterocycles. The fourth-order valence-electron chi connectivity index (χ4n) is 3.48. The Kier molecular flexibility index (Phi) is 7.44. The molecular formula is C23H24BrF3N2O5. The van der Waals surface area contributed by atoms with Crippen molar-refractivity contribution in [1.82, 2.24) is 9.80 Å². The Bertz CT molecular complexity index is 1050. The topological polar surface area (TPSA) is 76.2 Å². The third-order valence-corrected chi connectivity index (χ3v) is 5.96. The molecule has 1 atom stereocenters. The van der Waals surface area contributed by atoms with E-state index in [1.165, 1.54) is 17.1 Å². The molecular weight excluding hydrogens is 521 g/mol. The van der Waals surface area contributed by atoms with Crippen LogP contribution in [0.4, 0.5) is 18.0 Å². The highest BCUT2D eigenvalue weighted by Crippen LogP contribution is 2.35. The number of amides is 3. The summed E-state index contributed by atoms with van der Waals surface area (Å²) in [6.07, 6.45) is -1.09. The Morgan fingerprint density at radius 1 is 1.24 bits per heavy atom. The highest BCUT2D eigenvalue weighted by Gasteiger charge is 2.41. The number of urea groups is 1. The standard InChI is InChI=1S/C23H24BrF3N2O5/c1-4-33-20(31)22(2,3)34-18-10-5-14(11-17(18)24)12-29-19(30)13-28(21(29)32)16-8-6-15(7-9-16)23(25,26)27/h5-6,8-11,15H,4,7,12-13H2,1-3H3. The van der Waals surface area contributed by atoms with Crippen molar-refractivity contribution in [3.05, 3.63) is 52.2 Å². The highest BCUT2D eigenvalue weighted by molar-refractivity contribution is 9.10. The number of hydrogen-bond acceptors (Lipinski definition) is 5. The Balaban J connectivity index is 1.68. The molecule has 11 heteroatoms. The minimum Gasteiger partial charge on any atom is -0.475 e. The minimum absolute atomic E-state index is 0.0313. The van der Waals surface area contributed by atoms with E-state index >= 15 is 0 Å². The van der Waals surface area contributed by atoms with Crippen LogP contribution in [0.5, 0.6) is 5.75 Å². The van der Waals surface area contributed by atoms with Gasteiger partial charge in [-0.1, -0.05) is 18.2 Å². The van der Waals surface area contributed by atoms with Crippen molar-refractivity contribution in [2.24, 2.45) is 5.92 Å². The van der Waals surface area contributed by atoms with Gasteiger partial charge in [0, 0.05) is 5.70 Å². The lowest BCUT2D eigenvalue weighted by atomic mass is 9.98. The third-order valence-electron chi connectivity index (χ3n) is 5.34. The van der Waals surface area contributed by atoms with Crippen molar-refractivity contribution in [3.63, 3.8) is 0 Å². The lowest BCUT2D eigenvalue weighted by Crippen LogP contribution is -2.39. The van der Waals surface area contributed by atoms with E-state index in [9.17, 15) is 27.6 Å². The summed E-state index contributed by atoms with van der Waals surface area (Å²) in [4.78, 5) is 39.6. The van der Waals surface area contributed by atoms with Crippen molar-refractivity contribution in [1.29, 1.82) is 0 Å². The summed E-state index contributed by atoms with van der Waals surface area (Å²) < 4.78 is 49.9. The van der Waals surface area contributed by atoms with E-state index in [-0.39, 0.29) is 31.8 Å². The van der Waals surface area contributed by atoms with E-state index in [2.05, 4.69) is 15.9 Å². The van der Waals surface area contributed by atoms with Crippen molar-refractivity contribution >= 4 is 33.8 Å². The number of halogens is 4. The van der Waals surface area contributed by atoms with Crippen LogP contribution < -0.4 is 4.74 Å². The van der Waals surface area contributed by atoms with Crippen LogP contribution in [0.15, 0.2) is 46.6 Å². The Morgan fingerprint density at radius 3 is 2.50 bits per heavy atom. The second-order valence-corrected chi connectivity index (χ2v) is 9.17. The summed E-state index contributed by atoms with van der Waals surface area (Å²) >= 11 is 3.38. The second-order valence-electron chi connectivity index (χ2n) is 8.32. The lowest BCUT2D eigenvalue weighted by Gasteiger charge is -2.25. The van der Waals surface area contributed by atoms with Gasteiger partial charge < -0.3 is 9.47 Å². The molecule has 0 bridgehead atoms. The molecule has 1 fully saturated rings. The first-order valence-electron chi connectivity index (χ1n) is 10.5. The fourth-order valence-corrected chi connectivity index (χ4v) is 3.99. The van der Waals surface area contributed by atoms with Gasteiger partial charge in [0.2, 0.25) is 0 Å². The zero-order chi connectivity index (χ0) is 25.3. The van der Waals surface area contributed by atoms with Gasteiger partial charge in [-0.25, -0.2) is 9.59 Å². The number of carbonyl (C=O) groups is 3.